The zero-order chi connectivity index (χ0) is 14.4. The van der Waals surface area contributed by atoms with Crippen LogP contribution in [0.2, 0.25) is 0 Å². The fourth-order valence-corrected chi connectivity index (χ4v) is 3.06. The molecule has 0 amide bonds. The predicted molar refractivity (Wildman–Crippen MR) is 88.4 cm³/mol. The molecule has 2 rings (SSSR count). The minimum atomic E-state index is 0.574. The Bertz CT molecular complexity index is 377. The van der Waals surface area contributed by atoms with Crippen LogP contribution in [0, 0.1) is 5.92 Å². The van der Waals surface area contributed by atoms with E-state index in [4.69, 9.17) is 0 Å². The number of benzene rings is 1. The van der Waals surface area contributed by atoms with E-state index in [9.17, 15) is 0 Å². The van der Waals surface area contributed by atoms with Gasteiger partial charge in [0.2, 0.25) is 0 Å². The van der Waals surface area contributed by atoms with Gasteiger partial charge < -0.3 is 10.2 Å². The van der Waals surface area contributed by atoms with Crippen molar-refractivity contribution in [3.63, 3.8) is 0 Å². The summed E-state index contributed by atoms with van der Waals surface area (Å²) in [6.07, 6.45) is 6.41. The molecule has 1 N–H and O–H groups in total. The van der Waals surface area contributed by atoms with Crippen LogP contribution in [-0.2, 0) is 6.42 Å². The van der Waals surface area contributed by atoms with Crippen LogP contribution in [0.4, 0.5) is 5.69 Å². The smallest absolute Gasteiger partial charge is 0.0342 e. The highest BCUT2D eigenvalue weighted by atomic mass is 15.1. The van der Waals surface area contributed by atoms with Crippen molar-refractivity contribution in [3.8, 4) is 0 Å². The van der Waals surface area contributed by atoms with E-state index in [1.807, 2.05) is 0 Å². The van der Waals surface area contributed by atoms with E-state index in [2.05, 4.69) is 55.4 Å². The Balaban J connectivity index is 1.83. The summed E-state index contributed by atoms with van der Waals surface area (Å²) in [5.41, 5.74) is 2.74. The molecule has 1 saturated heterocycles. The molecule has 0 saturated carbocycles. The fourth-order valence-electron chi connectivity index (χ4n) is 3.06. The molecule has 2 nitrogen and oxygen atoms in total. The number of piperidine rings is 1. The van der Waals surface area contributed by atoms with Crippen LogP contribution in [0.3, 0.4) is 0 Å². The Labute approximate surface area is 124 Å². The lowest BCUT2D eigenvalue weighted by molar-refractivity contribution is 0.208. The Hall–Kier alpha value is -1.02. The molecule has 0 spiro atoms. The number of hydrogen-bond donors (Lipinski definition) is 1. The van der Waals surface area contributed by atoms with Gasteiger partial charge in [-0.3, -0.25) is 0 Å². The van der Waals surface area contributed by atoms with E-state index in [0.717, 1.165) is 5.92 Å². The summed E-state index contributed by atoms with van der Waals surface area (Å²) in [5, 5.41) is 3.69. The highest BCUT2D eigenvalue weighted by molar-refractivity contribution is 5.45. The summed E-state index contributed by atoms with van der Waals surface area (Å²) >= 11 is 0. The van der Waals surface area contributed by atoms with Gasteiger partial charge in [0.25, 0.3) is 0 Å². The predicted octanol–water partition coefficient (Wildman–Crippen LogP) is 4.17. The lowest BCUT2D eigenvalue weighted by Crippen LogP contribution is -2.37. The molecule has 1 unspecified atom stereocenters. The van der Waals surface area contributed by atoms with Crippen LogP contribution in [0.15, 0.2) is 24.3 Å². The standard InChI is InChI=1S/C18H30N2/c1-4-5-6-16-7-9-18(10-8-16)19-15(2)17-11-13-20(3)14-12-17/h7-10,15,17,19H,4-6,11-14H2,1-3H3. The Kier molecular flexibility index (Phi) is 5.90. The SMILES string of the molecule is CCCCc1ccc(NC(C)C2CCN(C)CC2)cc1. The van der Waals surface area contributed by atoms with Gasteiger partial charge in [-0.1, -0.05) is 25.5 Å². The first-order valence-electron chi connectivity index (χ1n) is 8.23. The third kappa shape index (κ3) is 4.52. The van der Waals surface area contributed by atoms with E-state index >= 15 is 0 Å². The topological polar surface area (TPSA) is 15.3 Å². The molecule has 1 aromatic rings. The lowest BCUT2D eigenvalue weighted by atomic mass is 9.90. The first-order valence-corrected chi connectivity index (χ1v) is 8.23. The van der Waals surface area contributed by atoms with Crippen molar-refractivity contribution in [1.82, 2.24) is 4.90 Å². The van der Waals surface area contributed by atoms with Gasteiger partial charge in [0.05, 0.1) is 0 Å². The Morgan fingerprint density at radius 1 is 1.20 bits per heavy atom. The first kappa shape index (κ1) is 15.4. The van der Waals surface area contributed by atoms with Crippen LogP contribution in [0.1, 0.15) is 45.1 Å². The molecule has 1 atom stereocenters. The summed E-state index contributed by atoms with van der Waals surface area (Å²) in [4.78, 5) is 2.44. The van der Waals surface area contributed by atoms with Gasteiger partial charge in [0.15, 0.2) is 0 Å². The van der Waals surface area contributed by atoms with Gasteiger partial charge in [-0.2, -0.15) is 0 Å². The quantitative estimate of drug-likeness (QED) is 0.837. The summed E-state index contributed by atoms with van der Waals surface area (Å²) in [5.74, 6) is 0.811. The normalized spacial score (nSPS) is 18.9. The largest absolute Gasteiger partial charge is 0.382 e. The van der Waals surface area contributed by atoms with Crippen molar-refractivity contribution in [2.75, 3.05) is 25.5 Å². The van der Waals surface area contributed by atoms with Crippen LogP contribution in [-0.4, -0.2) is 31.1 Å². The van der Waals surface area contributed by atoms with E-state index in [0.29, 0.717) is 6.04 Å². The van der Waals surface area contributed by atoms with Gasteiger partial charge in [0, 0.05) is 11.7 Å². The second-order valence-electron chi connectivity index (χ2n) is 6.37. The zero-order valence-electron chi connectivity index (χ0n) is 13.4. The van der Waals surface area contributed by atoms with E-state index in [-0.39, 0.29) is 0 Å². The highest BCUT2D eigenvalue weighted by Gasteiger charge is 2.21. The molecular weight excluding hydrogens is 244 g/mol. The summed E-state index contributed by atoms with van der Waals surface area (Å²) in [7, 11) is 2.23. The van der Waals surface area contributed by atoms with Crippen LogP contribution in [0.5, 0.6) is 0 Å². The average molecular weight is 274 g/mol. The van der Waals surface area contributed by atoms with E-state index < -0.39 is 0 Å². The second-order valence-corrected chi connectivity index (χ2v) is 6.37. The van der Waals surface area contributed by atoms with Crippen molar-refractivity contribution in [3.05, 3.63) is 29.8 Å². The first-order chi connectivity index (χ1) is 9.69. The highest BCUT2D eigenvalue weighted by Crippen LogP contribution is 2.23. The average Bonchev–Trinajstić information content (AvgIpc) is 2.47. The molecule has 1 aromatic carbocycles. The van der Waals surface area contributed by atoms with Gasteiger partial charge in [-0.25, -0.2) is 0 Å². The molecule has 2 heteroatoms. The maximum atomic E-state index is 3.69. The number of unbranched alkanes of at least 4 members (excludes halogenated alkanes) is 1. The number of nitrogens with zero attached hydrogens (tertiary/aromatic N) is 1. The van der Waals surface area contributed by atoms with Crippen molar-refractivity contribution in [2.24, 2.45) is 5.92 Å². The van der Waals surface area contributed by atoms with Crippen LogP contribution < -0.4 is 5.32 Å². The number of nitrogens with one attached hydrogen (secondary N) is 1. The third-order valence-corrected chi connectivity index (χ3v) is 4.64. The van der Waals surface area contributed by atoms with Crippen molar-refractivity contribution >= 4 is 5.69 Å². The third-order valence-electron chi connectivity index (χ3n) is 4.64. The Morgan fingerprint density at radius 3 is 2.45 bits per heavy atom. The molecule has 1 heterocycles. The molecule has 0 aromatic heterocycles. The van der Waals surface area contributed by atoms with Crippen molar-refractivity contribution < 1.29 is 0 Å². The number of likely N-dealkylation sites (tertiary alicyclic amines) is 1. The monoisotopic (exact) mass is 274 g/mol. The number of hydrogen-bond acceptors (Lipinski definition) is 2. The molecule has 1 fully saturated rings. The van der Waals surface area contributed by atoms with E-state index in [1.54, 1.807) is 0 Å². The van der Waals surface area contributed by atoms with Gasteiger partial charge in [0.1, 0.15) is 0 Å². The molecule has 0 aliphatic carbocycles. The lowest BCUT2D eigenvalue weighted by Gasteiger charge is -2.33. The molecule has 20 heavy (non-hydrogen) atoms. The number of aryl methyl sites for hydroxylation is 1. The maximum Gasteiger partial charge on any atom is 0.0342 e. The van der Waals surface area contributed by atoms with Crippen molar-refractivity contribution in [1.29, 1.82) is 0 Å². The van der Waals surface area contributed by atoms with Gasteiger partial charge in [-0.05, 0) is 76.4 Å². The van der Waals surface area contributed by atoms with Crippen LogP contribution >= 0.6 is 0 Å². The molecule has 1 aliphatic rings. The zero-order valence-corrected chi connectivity index (χ0v) is 13.4. The van der Waals surface area contributed by atoms with Crippen molar-refractivity contribution in [2.45, 2.75) is 52.0 Å². The summed E-state index contributed by atoms with van der Waals surface area (Å²) in [6, 6.07) is 9.62. The number of rotatable bonds is 6. The minimum Gasteiger partial charge on any atom is -0.382 e. The maximum absolute atomic E-state index is 3.69. The molecular formula is C18H30N2. The molecule has 112 valence electrons. The van der Waals surface area contributed by atoms with E-state index in [1.165, 1.54) is 56.4 Å². The van der Waals surface area contributed by atoms with Gasteiger partial charge in [-0.15, -0.1) is 0 Å². The fraction of sp³-hybridized carbons (Fsp3) is 0.667. The summed E-state index contributed by atoms with van der Waals surface area (Å²) < 4.78 is 0. The molecule has 0 bridgehead atoms. The van der Waals surface area contributed by atoms with Crippen LogP contribution in [0.25, 0.3) is 0 Å². The second kappa shape index (κ2) is 7.68. The van der Waals surface area contributed by atoms with Gasteiger partial charge >= 0.3 is 0 Å². The molecule has 1 aliphatic heterocycles. The number of anilines is 1. The minimum absolute atomic E-state index is 0.574. The summed E-state index contributed by atoms with van der Waals surface area (Å²) in [6.45, 7) is 7.07. The molecule has 0 radical (unpaired) electrons. The Morgan fingerprint density at radius 2 is 1.85 bits per heavy atom.